The number of hydrogen-bond donors (Lipinski definition) is 5. The molecule has 0 heterocycles. The SMILES string of the molecule is C=C.N.N.NC(CCC(=O)O)C(=O)O. The highest BCUT2D eigenvalue weighted by molar-refractivity contribution is 5.74. The lowest BCUT2D eigenvalue weighted by molar-refractivity contribution is -0.139. The van der Waals surface area contributed by atoms with Gasteiger partial charge in [0, 0.05) is 6.42 Å². The van der Waals surface area contributed by atoms with Crippen molar-refractivity contribution in [3.05, 3.63) is 13.2 Å². The lowest BCUT2D eigenvalue weighted by Gasteiger charge is -2.01. The van der Waals surface area contributed by atoms with Crippen LogP contribution in [0.4, 0.5) is 0 Å². The molecule has 0 bridgehead atoms. The Balaban J connectivity index is -0.000000117. The van der Waals surface area contributed by atoms with Crippen molar-refractivity contribution >= 4 is 11.9 Å². The zero-order chi connectivity index (χ0) is 10.1. The largest absolute Gasteiger partial charge is 0.481 e. The molecule has 0 saturated heterocycles. The predicted octanol–water partition coefficient (Wildman–Crippen LogP) is 0.389. The molecule has 0 aliphatic carbocycles. The number of aliphatic carboxylic acids is 2. The summed E-state index contributed by atoms with van der Waals surface area (Å²) in [7, 11) is 0. The van der Waals surface area contributed by atoms with Gasteiger partial charge in [0.2, 0.25) is 0 Å². The van der Waals surface area contributed by atoms with Crippen molar-refractivity contribution < 1.29 is 19.8 Å². The minimum Gasteiger partial charge on any atom is -0.481 e. The third-order valence-corrected chi connectivity index (χ3v) is 0.986. The highest BCUT2D eigenvalue weighted by Crippen LogP contribution is 1.93. The first-order valence-electron chi connectivity index (χ1n) is 3.24. The third-order valence-electron chi connectivity index (χ3n) is 0.986. The van der Waals surface area contributed by atoms with E-state index in [1.807, 2.05) is 0 Å². The summed E-state index contributed by atoms with van der Waals surface area (Å²) in [6, 6.07) is -1.06. The number of hydrogen-bond acceptors (Lipinski definition) is 5. The first-order valence-corrected chi connectivity index (χ1v) is 3.24. The Hall–Kier alpha value is -1.44. The van der Waals surface area contributed by atoms with Gasteiger partial charge in [0.1, 0.15) is 6.04 Å². The average molecular weight is 209 g/mol. The molecule has 0 radical (unpaired) electrons. The predicted molar refractivity (Wildman–Crippen MR) is 53.8 cm³/mol. The molecule has 0 fully saturated rings. The van der Waals surface area contributed by atoms with E-state index in [4.69, 9.17) is 15.9 Å². The molecule has 0 aliphatic heterocycles. The number of carboxylic acid groups (broad SMARTS) is 2. The fraction of sp³-hybridized carbons (Fsp3) is 0.429. The van der Waals surface area contributed by atoms with Crippen LogP contribution in [0.25, 0.3) is 0 Å². The second kappa shape index (κ2) is 14.1. The number of nitrogens with two attached hydrogens (primary N) is 1. The maximum Gasteiger partial charge on any atom is 0.320 e. The van der Waals surface area contributed by atoms with Gasteiger partial charge >= 0.3 is 11.9 Å². The Bertz CT molecular complexity index is 163. The van der Waals surface area contributed by atoms with Crippen LogP contribution in [-0.2, 0) is 9.59 Å². The monoisotopic (exact) mass is 209 g/mol. The lowest BCUT2D eigenvalue weighted by Crippen LogP contribution is -2.30. The minimum atomic E-state index is -1.17. The van der Waals surface area contributed by atoms with Gasteiger partial charge < -0.3 is 28.2 Å². The molecule has 1 atom stereocenters. The number of rotatable bonds is 4. The first-order chi connectivity index (χ1) is 5.54. The van der Waals surface area contributed by atoms with Gasteiger partial charge in [0.25, 0.3) is 0 Å². The van der Waals surface area contributed by atoms with E-state index in [1.54, 1.807) is 0 Å². The second-order valence-corrected chi connectivity index (χ2v) is 1.88. The summed E-state index contributed by atoms with van der Waals surface area (Å²) in [6.45, 7) is 6.00. The zero-order valence-corrected chi connectivity index (χ0v) is 8.11. The number of carbonyl (C=O) groups is 2. The van der Waals surface area contributed by atoms with Gasteiger partial charge in [-0.15, -0.1) is 13.2 Å². The molecule has 0 aromatic rings. The van der Waals surface area contributed by atoms with E-state index in [0.29, 0.717) is 0 Å². The van der Waals surface area contributed by atoms with Crippen molar-refractivity contribution in [1.82, 2.24) is 12.3 Å². The average Bonchev–Trinajstić information content (AvgIpc) is 2.03. The maximum absolute atomic E-state index is 9.99. The van der Waals surface area contributed by atoms with Crippen LogP contribution >= 0.6 is 0 Å². The molecule has 0 aromatic heterocycles. The van der Waals surface area contributed by atoms with Gasteiger partial charge in [-0.3, -0.25) is 9.59 Å². The lowest BCUT2D eigenvalue weighted by atomic mass is 10.2. The van der Waals surface area contributed by atoms with Crippen LogP contribution in [0.15, 0.2) is 13.2 Å². The van der Waals surface area contributed by atoms with Crippen LogP contribution in [0.5, 0.6) is 0 Å². The second-order valence-electron chi connectivity index (χ2n) is 1.88. The molecule has 10 N–H and O–H groups in total. The van der Waals surface area contributed by atoms with Crippen molar-refractivity contribution in [2.75, 3.05) is 0 Å². The van der Waals surface area contributed by atoms with E-state index >= 15 is 0 Å². The smallest absolute Gasteiger partial charge is 0.320 e. The van der Waals surface area contributed by atoms with Gasteiger partial charge in [-0.25, -0.2) is 0 Å². The van der Waals surface area contributed by atoms with E-state index in [2.05, 4.69) is 13.2 Å². The van der Waals surface area contributed by atoms with Crippen LogP contribution in [0.1, 0.15) is 12.8 Å². The molecular weight excluding hydrogens is 190 g/mol. The van der Waals surface area contributed by atoms with E-state index in [-0.39, 0.29) is 25.1 Å². The summed E-state index contributed by atoms with van der Waals surface area (Å²) < 4.78 is 0. The summed E-state index contributed by atoms with van der Waals surface area (Å²) in [5.74, 6) is -2.20. The van der Waals surface area contributed by atoms with Gasteiger partial charge in [-0.2, -0.15) is 0 Å². The first kappa shape index (κ1) is 22.9. The standard InChI is InChI=1S/C5H9NO4.C2H4.2H3N/c6-3(5(9)10)1-2-4(7)8;1-2;;/h3H,1-2,6H2,(H,7,8)(H,9,10);1-2H2;2*1H3. The van der Waals surface area contributed by atoms with Gasteiger partial charge in [-0.05, 0) is 6.42 Å². The molecule has 7 nitrogen and oxygen atoms in total. The molecule has 1 unspecified atom stereocenters. The Morgan fingerprint density at radius 3 is 1.79 bits per heavy atom. The highest BCUT2D eigenvalue weighted by Gasteiger charge is 2.12. The van der Waals surface area contributed by atoms with Crippen LogP contribution in [0.3, 0.4) is 0 Å². The molecule has 0 aromatic carbocycles. The fourth-order valence-corrected chi connectivity index (χ4v) is 0.402. The normalized spacial score (nSPS) is 9.21. The highest BCUT2D eigenvalue weighted by atomic mass is 16.4. The van der Waals surface area contributed by atoms with Crippen molar-refractivity contribution in [3.63, 3.8) is 0 Å². The van der Waals surface area contributed by atoms with Crippen molar-refractivity contribution in [2.45, 2.75) is 18.9 Å². The van der Waals surface area contributed by atoms with Crippen molar-refractivity contribution in [1.29, 1.82) is 0 Å². The Morgan fingerprint density at radius 1 is 1.21 bits per heavy atom. The molecule has 14 heavy (non-hydrogen) atoms. The Kier molecular flexibility index (Phi) is 23.1. The molecule has 86 valence electrons. The number of carboxylic acids is 2. The molecule has 0 rings (SSSR count). The van der Waals surface area contributed by atoms with Crippen molar-refractivity contribution in [3.8, 4) is 0 Å². The molecular formula is C7H19N3O4. The van der Waals surface area contributed by atoms with Gasteiger partial charge in [0.05, 0.1) is 0 Å². The van der Waals surface area contributed by atoms with Crippen LogP contribution in [-0.4, -0.2) is 28.2 Å². The van der Waals surface area contributed by atoms with Gasteiger partial charge in [-0.1, -0.05) is 0 Å². The molecule has 0 amide bonds. The van der Waals surface area contributed by atoms with Crippen LogP contribution in [0.2, 0.25) is 0 Å². The summed E-state index contributed by atoms with van der Waals surface area (Å²) in [4.78, 5) is 19.9. The van der Waals surface area contributed by atoms with E-state index < -0.39 is 18.0 Å². The van der Waals surface area contributed by atoms with E-state index in [0.717, 1.165) is 0 Å². The summed E-state index contributed by atoms with van der Waals surface area (Å²) in [6.07, 6.45) is -0.224. The topological polar surface area (TPSA) is 171 Å². The van der Waals surface area contributed by atoms with Crippen molar-refractivity contribution in [2.24, 2.45) is 5.73 Å². The molecule has 0 aliphatic rings. The van der Waals surface area contributed by atoms with Gasteiger partial charge in [0.15, 0.2) is 0 Å². The molecule has 0 saturated carbocycles. The quantitative estimate of drug-likeness (QED) is 0.416. The Morgan fingerprint density at radius 2 is 1.57 bits per heavy atom. The maximum atomic E-state index is 9.99. The molecule has 0 spiro atoms. The van der Waals surface area contributed by atoms with E-state index in [9.17, 15) is 9.59 Å². The Labute approximate surface area is 82.8 Å². The van der Waals surface area contributed by atoms with Crippen LogP contribution in [0, 0.1) is 0 Å². The summed E-state index contributed by atoms with van der Waals surface area (Å²) >= 11 is 0. The summed E-state index contributed by atoms with van der Waals surface area (Å²) in [5.41, 5.74) is 5.00. The van der Waals surface area contributed by atoms with E-state index in [1.165, 1.54) is 0 Å². The third kappa shape index (κ3) is 16.9. The summed E-state index contributed by atoms with van der Waals surface area (Å²) in [5, 5.41) is 16.3. The minimum absolute atomic E-state index is 0. The molecule has 7 heteroatoms. The van der Waals surface area contributed by atoms with Crippen LogP contribution < -0.4 is 18.0 Å². The zero-order valence-electron chi connectivity index (χ0n) is 8.11. The fourth-order valence-electron chi connectivity index (χ4n) is 0.402.